The van der Waals surface area contributed by atoms with Gasteiger partial charge in [-0.25, -0.2) is 0 Å². The molecule has 0 spiro atoms. The minimum Gasteiger partial charge on any atom is -0.497 e. The van der Waals surface area contributed by atoms with E-state index in [4.69, 9.17) is 4.74 Å². The number of hydrogen-bond donors (Lipinski definition) is 1. The molecule has 0 radical (unpaired) electrons. The molecule has 0 saturated heterocycles. The highest BCUT2D eigenvalue weighted by molar-refractivity contribution is 9.10. The molecule has 1 amide bonds. The van der Waals surface area contributed by atoms with Crippen LogP contribution in [0.15, 0.2) is 70.7 Å². The first-order valence-corrected chi connectivity index (χ1v) is 8.65. The number of halogens is 1. The number of benzene rings is 3. The first-order valence-electron chi connectivity index (χ1n) is 7.86. The molecule has 3 aromatic rings. The number of anilines is 1. The van der Waals surface area contributed by atoms with Gasteiger partial charge in [-0.2, -0.15) is 5.26 Å². The van der Waals surface area contributed by atoms with Crippen molar-refractivity contribution in [1.82, 2.24) is 0 Å². The van der Waals surface area contributed by atoms with E-state index in [1.807, 2.05) is 60.7 Å². The van der Waals surface area contributed by atoms with Gasteiger partial charge in [0.1, 0.15) is 17.4 Å². The topological polar surface area (TPSA) is 62.1 Å². The van der Waals surface area contributed by atoms with Gasteiger partial charge in [0.05, 0.1) is 12.8 Å². The molecule has 4 nitrogen and oxygen atoms in total. The van der Waals surface area contributed by atoms with Gasteiger partial charge in [-0.1, -0.05) is 30.3 Å². The standard InChI is InChI=1S/C21H15BrN2O2/c1-26-18-9-8-15-10-14(6-7-16(15)12-18)11-17(13-23)21(25)24-20-5-3-2-4-19(20)22/h2-12H,1H3,(H,24,25)/b17-11+. The molecular weight excluding hydrogens is 392 g/mol. The second-order valence-corrected chi connectivity index (χ2v) is 6.43. The molecule has 0 fully saturated rings. The van der Waals surface area contributed by atoms with Crippen LogP contribution >= 0.6 is 15.9 Å². The number of para-hydroxylation sites is 1. The Morgan fingerprint density at radius 1 is 1.12 bits per heavy atom. The smallest absolute Gasteiger partial charge is 0.266 e. The summed E-state index contributed by atoms with van der Waals surface area (Å²) in [6.07, 6.45) is 1.58. The van der Waals surface area contributed by atoms with E-state index in [-0.39, 0.29) is 5.57 Å². The van der Waals surface area contributed by atoms with Crippen molar-refractivity contribution in [3.8, 4) is 11.8 Å². The maximum absolute atomic E-state index is 12.4. The van der Waals surface area contributed by atoms with Crippen LogP contribution in [-0.4, -0.2) is 13.0 Å². The molecule has 3 rings (SSSR count). The number of rotatable bonds is 4. The van der Waals surface area contributed by atoms with Crippen LogP contribution in [0.5, 0.6) is 5.75 Å². The number of nitrogens with zero attached hydrogens (tertiary/aromatic N) is 1. The monoisotopic (exact) mass is 406 g/mol. The van der Waals surface area contributed by atoms with Gasteiger partial charge in [-0.15, -0.1) is 0 Å². The van der Waals surface area contributed by atoms with Crippen molar-refractivity contribution in [3.05, 3.63) is 76.3 Å². The van der Waals surface area contributed by atoms with Gasteiger partial charge >= 0.3 is 0 Å². The molecule has 5 heteroatoms. The zero-order chi connectivity index (χ0) is 18.5. The Kier molecular flexibility index (Phi) is 5.35. The molecule has 3 aromatic carbocycles. The zero-order valence-electron chi connectivity index (χ0n) is 14.0. The summed E-state index contributed by atoms with van der Waals surface area (Å²) in [5.74, 6) is 0.334. The number of hydrogen-bond acceptors (Lipinski definition) is 3. The lowest BCUT2D eigenvalue weighted by atomic mass is 10.0. The number of carbonyl (C=O) groups is 1. The molecule has 128 valence electrons. The van der Waals surface area contributed by atoms with E-state index in [2.05, 4.69) is 21.2 Å². The van der Waals surface area contributed by atoms with E-state index >= 15 is 0 Å². The largest absolute Gasteiger partial charge is 0.497 e. The minimum absolute atomic E-state index is 0.0358. The Morgan fingerprint density at radius 2 is 1.85 bits per heavy atom. The Hall–Kier alpha value is -3.10. The van der Waals surface area contributed by atoms with E-state index in [0.29, 0.717) is 5.69 Å². The lowest BCUT2D eigenvalue weighted by Gasteiger charge is -2.07. The third-order valence-corrected chi connectivity index (χ3v) is 4.56. The number of ether oxygens (including phenoxy) is 1. The Labute approximate surface area is 159 Å². The molecule has 1 N–H and O–H groups in total. The van der Waals surface area contributed by atoms with Crippen LogP contribution in [0.25, 0.3) is 16.8 Å². The summed E-state index contributed by atoms with van der Waals surface area (Å²) in [6.45, 7) is 0. The van der Waals surface area contributed by atoms with Gasteiger partial charge in [-0.3, -0.25) is 4.79 Å². The van der Waals surface area contributed by atoms with Crippen LogP contribution in [0.2, 0.25) is 0 Å². The van der Waals surface area contributed by atoms with Crippen LogP contribution in [-0.2, 0) is 4.79 Å². The van der Waals surface area contributed by atoms with E-state index in [1.165, 1.54) is 0 Å². The molecule has 26 heavy (non-hydrogen) atoms. The summed E-state index contributed by atoms with van der Waals surface area (Å²) in [4.78, 5) is 12.4. The highest BCUT2D eigenvalue weighted by Crippen LogP contribution is 2.24. The van der Waals surface area contributed by atoms with Gasteiger partial charge in [0.2, 0.25) is 0 Å². The average Bonchev–Trinajstić information content (AvgIpc) is 2.67. The maximum Gasteiger partial charge on any atom is 0.266 e. The van der Waals surface area contributed by atoms with E-state index in [9.17, 15) is 10.1 Å². The van der Waals surface area contributed by atoms with Crippen LogP contribution in [0.4, 0.5) is 5.69 Å². The summed E-state index contributed by atoms with van der Waals surface area (Å²) in [5.41, 5.74) is 1.43. The Balaban J connectivity index is 1.88. The number of nitriles is 1. The SMILES string of the molecule is COc1ccc2cc(/C=C(\C#N)C(=O)Nc3ccccc3Br)ccc2c1. The third-order valence-electron chi connectivity index (χ3n) is 3.87. The molecule has 0 unspecified atom stereocenters. The molecule has 0 bridgehead atoms. The quantitative estimate of drug-likeness (QED) is 0.480. The second kappa shape index (κ2) is 7.85. The Bertz CT molecular complexity index is 1050. The van der Waals surface area contributed by atoms with E-state index in [0.717, 1.165) is 26.6 Å². The minimum atomic E-state index is -0.450. The van der Waals surface area contributed by atoms with E-state index < -0.39 is 5.91 Å². The number of amides is 1. The van der Waals surface area contributed by atoms with Crippen LogP contribution in [0.1, 0.15) is 5.56 Å². The predicted octanol–water partition coefficient (Wildman–Crippen LogP) is 5.16. The van der Waals surface area contributed by atoms with Gasteiger partial charge in [0.25, 0.3) is 5.91 Å². The highest BCUT2D eigenvalue weighted by atomic mass is 79.9. The van der Waals surface area contributed by atoms with Gasteiger partial charge in [0.15, 0.2) is 0 Å². The number of carbonyl (C=O) groups excluding carboxylic acids is 1. The predicted molar refractivity (Wildman–Crippen MR) is 107 cm³/mol. The van der Waals surface area contributed by atoms with Gasteiger partial charge in [0, 0.05) is 4.47 Å². The molecule has 0 atom stereocenters. The van der Waals surface area contributed by atoms with E-state index in [1.54, 1.807) is 19.3 Å². The molecule has 0 aliphatic heterocycles. The van der Waals surface area contributed by atoms with Crippen LogP contribution in [0.3, 0.4) is 0 Å². The fourth-order valence-electron chi connectivity index (χ4n) is 2.53. The lowest BCUT2D eigenvalue weighted by molar-refractivity contribution is -0.112. The summed E-state index contributed by atoms with van der Waals surface area (Å²) >= 11 is 3.37. The molecular formula is C21H15BrN2O2. The normalized spacial score (nSPS) is 11.0. The van der Waals surface area contributed by atoms with Gasteiger partial charge < -0.3 is 10.1 Å². The van der Waals surface area contributed by atoms with Crippen molar-refractivity contribution in [2.75, 3.05) is 12.4 Å². The molecule has 0 saturated carbocycles. The molecule has 0 aromatic heterocycles. The number of fused-ring (bicyclic) bond motifs is 1. The van der Waals surface area contributed by atoms with Crippen molar-refractivity contribution < 1.29 is 9.53 Å². The average molecular weight is 407 g/mol. The van der Waals surface area contributed by atoms with Crippen molar-refractivity contribution in [2.45, 2.75) is 0 Å². The fourth-order valence-corrected chi connectivity index (χ4v) is 2.91. The van der Waals surface area contributed by atoms with Gasteiger partial charge in [-0.05, 0) is 68.7 Å². The van der Waals surface area contributed by atoms with Crippen molar-refractivity contribution in [1.29, 1.82) is 5.26 Å². The molecule has 0 aliphatic rings. The number of methoxy groups -OCH3 is 1. The lowest BCUT2D eigenvalue weighted by Crippen LogP contribution is -2.13. The zero-order valence-corrected chi connectivity index (χ0v) is 15.6. The van der Waals surface area contributed by atoms with Crippen molar-refractivity contribution >= 4 is 44.4 Å². The maximum atomic E-state index is 12.4. The van der Waals surface area contributed by atoms with Crippen LogP contribution < -0.4 is 10.1 Å². The third kappa shape index (κ3) is 3.93. The van der Waals surface area contributed by atoms with Crippen LogP contribution in [0, 0.1) is 11.3 Å². The highest BCUT2D eigenvalue weighted by Gasteiger charge is 2.11. The first-order chi connectivity index (χ1) is 12.6. The second-order valence-electron chi connectivity index (χ2n) is 5.58. The summed E-state index contributed by atoms with van der Waals surface area (Å²) in [5, 5.41) is 14.1. The number of nitrogens with one attached hydrogen (secondary N) is 1. The van der Waals surface area contributed by atoms with Crippen molar-refractivity contribution in [2.24, 2.45) is 0 Å². The molecule has 0 heterocycles. The van der Waals surface area contributed by atoms with Crippen molar-refractivity contribution in [3.63, 3.8) is 0 Å². The Morgan fingerprint density at radius 3 is 2.58 bits per heavy atom. The molecule has 0 aliphatic carbocycles. The fraction of sp³-hybridized carbons (Fsp3) is 0.0476. The summed E-state index contributed by atoms with van der Waals surface area (Å²) < 4.78 is 5.98. The summed E-state index contributed by atoms with van der Waals surface area (Å²) in [6, 6.07) is 20.7. The first kappa shape index (κ1) is 17.7. The summed E-state index contributed by atoms with van der Waals surface area (Å²) in [7, 11) is 1.63.